The van der Waals surface area contributed by atoms with Gasteiger partial charge in [0.15, 0.2) is 11.5 Å². The Morgan fingerprint density at radius 3 is 2.52 bits per heavy atom. The van der Waals surface area contributed by atoms with Crippen LogP contribution in [-0.2, 0) is 0 Å². The van der Waals surface area contributed by atoms with E-state index in [1.54, 1.807) is 41.1 Å². The zero-order chi connectivity index (χ0) is 23.1. The maximum Gasteiger partial charge on any atom is 0.277 e. The van der Waals surface area contributed by atoms with E-state index in [2.05, 4.69) is 25.5 Å². The van der Waals surface area contributed by atoms with E-state index in [0.717, 1.165) is 35.6 Å². The Morgan fingerprint density at radius 2 is 1.85 bits per heavy atom. The second-order valence-corrected chi connectivity index (χ2v) is 8.29. The van der Waals surface area contributed by atoms with Crippen LogP contribution >= 0.6 is 0 Å². The van der Waals surface area contributed by atoms with E-state index in [9.17, 15) is 4.79 Å². The molecule has 5 rings (SSSR count). The Bertz CT molecular complexity index is 1330. The van der Waals surface area contributed by atoms with Gasteiger partial charge in [0.1, 0.15) is 17.3 Å². The summed E-state index contributed by atoms with van der Waals surface area (Å²) in [7, 11) is 0. The van der Waals surface area contributed by atoms with Crippen molar-refractivity contribution >= 4 is 11.6 Å². The number of anilines is 1. The molecule has 3 heterocycles. The lowest BCUT2D eigenvalue weighted by molar-refractivity contribution is 0.101. The van der Waals surface area contributed by atoms with Crippen LogP contribution in [0.5, 0.6) is 11.6 Å². The lowest BCUT2D eigenvalue weighted by atomic mass is 10.2. The molecule has 1 aliphatic carbocycles. The Balaban J connectivity index is 1.29. The van der Waals surface area contributed by atoms with Gasteiger partial charge in [0.25, 0.3) is 5.91 Å². The fourth-order valence-corrected chi connectivity index (χ4v) is 3.51. The van der Waals surface area contributed by atoms with E-state index in [4.69, 9.17) is 9.26 Å². The van der Waals surface area contributed by atoms with Gasteiger partial charge in [0, 0.05) is 29.4 Å². The Hall–Kier alpha value is -4.01. The van der Waals surface area contributed by atoms with Gasteiger partial charge >= 0.3 is 0 Å². The molecule has 0 radical (unpaired) electrons. The van der Waals surface area contributed by atoms with Crippen LogP contribution in [0, 0.1) is 27.7 Å². The number of hydrogen-bond acceptors (Lipinski definition) is 7. The van der Waals surface area contributed by atoms with Crippen LogP contribution in [0.4, 0.5) is 5.69 Å². The van der Waals surface area contributed by atoms with E-state index < -0.39 is 0 Å². The van der Waals surface area contributed by atoms with Crippen molar-refractivity contribution < 1.29 is 14.1 Å². The quantitative estimate of drug-likeness (QED) is 0.455. The standard InChI is InChI=1S/C24H24N6O3/c1-13-14(2)28-30(15(13)3)22-12-23(26-16(4)25-22)32-19-9-7-18(8-10-19)27-24(31)20-11-21(33-29-20)17-5-6-17/h7-12,17H,5-6H2,1-4H3,(H,27,31). The first kappa shape index (κ1) is 20.9. The molecule has 0 spiro atoms. The van der Waals surface area contributed by atoms with Gasteiger partial charge in [-0.2, -0.15) is 10.1 Å². The molecule has 9 heteroatoms. The highest BCUT2D eigenvalue weighted by Gasteiger charge is 2.28. The van der Waals surface area contributed by atoms with Crippen molar-refractivity contribution in [3.8, 4) is 17.4 Å². The number of benzene rings is 1. The number of carbonyl (C=O) groups excluding carboxylic acids is 1. The summed E-state index contributed by atoms with van der Waals surface area (Å²) in [5.41, 5.74) is 4.01. The summed E-state index contributed by atoms with van der Waals surface area (Å²) in [5.74, 6) is 3.10. The van der Waals surface area contributed by atoms with Crippen LogP contribution < -0.4 is 10.1 Å². The van der Waals surface area contributed by atoms with Gasteiger partial charge in [-0.15, -0.1) is 0 Å². The fourth-order valence-electron chi connectivity index (χ4n) is 3.51. The molecule has 1 aromatic carbocycles. The number of rotatable bonds is 6. The minimum absolute atomic E-state index is 0.278. The number of nitrogens with one attached hydrogen (secondary N) is 1. The summed E-state index contributed by atoms with van der Waals surface area (Å²) in [4.78, 5) is 21.3. The molecule has 1 fully saturated rings. The lowest BCUT2D eigenvalue weighted by Gasteiger charge is -2.10. The van der Waals surface area contributed by atoms with Crippen LogP contribution in [0.2, 0.25) is 0 Å². The second-order valence-electron chi connectivity index (χ2n) is 8.29. The molecule has 168 valence electrons. The van der Waals surface area contributed by atoms with E-state index in [1.165, 1.54) is 0 Å². The zero-order valence-electron chi connectivity index (χ0n) is 18.9. The number of carbonyl (C=O) groups is 1. The first-order valence-electron chi connectivity index (χ1n) is 10.8. The second kappa shape index (κ2) is 8.16. The van der Waals surface area contributed by atoms with Crippen LogP contribution in [-0.4, -0.2) is 30.8 Å². The number of nitrogens with zero attached hydrogens (tertiary/aromatic N) is 5. The number of aromatic nitrogens is 5. The molecule has 1 aliphatic rings. The fraction of sp³-hybridized carbons (Fsp3) is 0.292. The highest BCUT2D eigenvalue weighted by atomic mass is 16.5. The van der Waals surface area contributed by atoms with Crippen LogP contribution in [0.3, 0.4) is 0 Å². The summed E-state index contributed by atoms with van der Waals surface area (Å²) >= 11 is 0. The molecule has 0 bridgehead atoms. The predicted octanol–water partition coefficient (Wildman–Crippen LogP) is 4.81. The maximum absolute atomic E-state index is 12.4. The van der Waals surface area contributed by atoms with Crippen LogP contribution in [0.15, 0.2) is 40.9 Å². The van der Waals surface area contributed by atoms with Gasteiger partial charge in [0.2, 0.25) is 5.88 Å². The Kier molecular flexibility index (Phi) is 5.16. The Morgan fingerprint density at radius 1 is 1.09 bits per heavy atom. The first-order chi connectivity index (χ1) is 15.9. The molecule has 9 nitrogen and oxygen atoms in total. The summed E-state index contributed by atoms with van der Waals surface area (Å²) in [6.07, 6.45) is 2.18. The first-order valence-corrected chi connectivity index (χ1v) is 10.8. The molecule has 1 N–H and O–H groups in total. The molecule has 0 unspecified atom stereocenters. The summed E-state index contributed by atoms with van der Waals surface area (Å²) in [5, 5.41) is 11.3. The van der Waals surface area contributed by atoms with Crippen molar-refractivity contribution in [2.75, 3.05) is 5.32 Å². The van der Waals surface area contributed by atoms with Gasteiger partial charge in [-0.25, -0.2) is 9.67 Å². The zero-order valence-corrected chi connectivity index (χ0v) is 18.9. The number of hydrogen-bond donors (Lipinski definition) is 1. The van der Waals surface area contributed by atoms with Crippen LogP contribution in [0.1, 0.15) is 57.8 Å². The molecule has 0 atom stereocenters. The smallest absolute Gasteiger partial charge is 0.277 e. The average molecular weight is 444 g/mol. The van der Waals surface area contributed by atoms with E-state index in [1.807, 2.05) is 27.7 Å². The van der Waals surface area contributed by atoms with E-state index >= 15 is 0 Å². The van der Waals surface area contributed by atoms with Gasteiger partial charge in [-0.1, -0.05) is 5.16 Å². The van der Waals surface area contributed by atoms with Gasteiger partial charge < -0.3 is 14.6 Å². The van der Waals surface area contributed by atoms with Gasteiger partial charge in [-0.3, -0.25) is 4.79 Å². The minimum atomic E-state index is -0.310. The van der Waals surface area contributed by atoms with Crippen molar-refractivity contribution in [3.05, 3.63) is 70.6 Å². The minimum Gasteiger partial charge on any atom is -0.439 e. The maximum atomic E-state index is 12.4. The SMILES string of the molecule is Cc1nc(Oc2ccc(NC(=O)c3cc(C4CC4)on3)cc2)cc(-n2nc(C)c(C)c2C)n1. The summed E-state index contributed by atoms with van der Waals surface area (Å²) < 4.78 is 13.0. The lowest BCUT2D eigenvalue weighted by Crippen LogP contribution is -2.12. The largest absolute Gasteiger partial charge is 0.439 e. The highest BCUT2D eigenvalue weighted by Crippen LogP contribution is 2.40. The topological polar surface area (TPSA) is 108 Å². The van der Waals surface area contributed by atoms with E-state index in [0.29, 0.717) is 34.9 Å². The molecule has 1 saturated carbocycles. The predicted molar refractivity (Wildman–Crippen MR) is 121 cm³/mol. The van der Waals surface area contributed by atoms with Gasteiger partial charge in [0.05, 0.1) is 5.69 Å². The number of ether oxygens (including phenoxy) is 1. The number of amides is 1. The molecular formula is C24H24N6O3. The van der Waals surface area contributed by atoms with Crippen molar-refractivity contribution in [2.45, 2.75) is 46.5 Å². The third kappa shape index (κ3) is 4.34. The molecule has 0 aliphatic heterocycles. The molecule has 3 aromatic heterocycles. The number of aryl methyl sites for hydroxylation is 2. The van der Waals surface area contributed by atoms with Crippen molar-refractivity contribution in [3.63, 3.8) is 0 Å². The van der Waals surface area contributed by atoms with E-state index in [-0.39, 0.29) is 11.6 Å². The van der Waals surface area contributed by atoms with Crippen molar-refractivity contribution in [1.82, 2.24) is 24.9 Å². The molecule has 1 amide bonds. The van der Waals surface area contributed by atoms with Crippen molar-refractivity contribution in [2.24, 2.45) is 0 Å². The monoisotopic (exact) mass is 444 g/mol. The summed E-state index contributed by atoms with van der Waals surface area (Å²) in [6, 6.07) is 10.5. The Labute approximate surface area is 190 Å². The van der Waals surface area contributed by atoms with Gasteiger partial charge in [-0.05, 0) is 70.4 Å². The molecule has 4 aromatic rings. The third-order valence-corrected chi connectivity index (χ3v) is 5.75. The molecular weight excluding hydrogens is 420 g/mol. The normalized spacial score (nSPS) is 13.2. The molecule has 33 heavy (non-hydrogen) atoms. The highest BCUT2D eigenvalue weighted by molar-refractivity contribution is 6.02. The third-order valence-electron chi connectivity index (χ3n) is 5.75. The molecule has 0 saturated heterocycles. The average Bonchev–Trinajstić information content (AvgIpc) is 3.46. The summed E-state index contributed by atoms with van der Waals surface area (Å²) in [6.45, 7) is 7.83. The van der Waals surface area contributed by atoms with Crippen molar-refractivity contribution in [1.29, 1.82) is 0 Å². The van der Waals surface area contributed by atoms with Crippen LogP contribution in [0.25, 0.3) is 5.82 Å².